The van der Waals surface area contributed by atoms with Crippen molar-refractivity contribution in [1.82, 2.24) is 25.5 Å². The first-order valence-electron chi connectivity index (χ1n) is 5.74. The molecule has 0 aliphatic heterocycles. The van der Waals surface area contributed by atoms with Gasteiger partial charge in [-0.2, -0.15) is 0 Å². The molecule has 0 spiro atoms. The summed E-state index contributed by atoms with van der Waals surface area (Å²) < 4.78 is 1.87. The van der Waals surface area contributed by atoms with Crippen molar-refractivity contribution >= 4 is 11.3 Å². The third kappa shape index (κ3) is 2.70. The molecule has 1 N–H and O–H groups in total. The maximum absolute atomic E-state index is 4.09. The Kier molecular flexibility index (Phi) is 3.86. The number of rotatable bonds is 5. The summed E-state index contributed by atoms with van der Waals surface area (Å²) in [6, 6.07) is 2.30. The van der Waals surface area contributed by atoms with Crippen LogP contribution in [0.3, 0.4) is 0 Å². The highest BCUT2D eigenvalue weighted by atomic mass is 32.1. The van der Waals surface area contributed by atoms with Crippen LogP contribution in [0.25, 0.3) is 0 Å². The molecule has 1 unspecified atom stereocenters. The van der Waals surface area contributed by atoms with Crippen molar-refractivity contribution in [2.75, 3.05) is 6.54 Å². The molecule has 1 atom stereocenters. The first-order valence-corrected chi connectivity index (χ1v) is 6.62. The second-order valence-electron chi connectivity index (χ2n) is 4.00. The quantitative estimate of drug-likeness (QED) is 0.880. The molecule has 0 saturated heterocycles. The van der Waals surface area contributed by atoms with Gasteiger partial charge in [0.15, 0.2) is 5.82 Å². The van der Waals surface area contributed by atoms with Crippen LogP contribution in [0.4, 0.5) is 0 Å². The largest absolute Gasteiger partial charge is 0.308 e. The Balaban J connectivity index is 2.17. The number of aryl methyl sites for hydroxylation is 1. The lowest BCUT2D eigenvalue weighted by molar-refractivity contribution is 0.518. The molecule has 5 nitrogen and oxygen atoms in total. The second kappa shape index (κ2) is 5.37. The topological polar surface area (TPSA) is 55.6 Å². The Morgan fingerprint density at radius 3 is 3.00 bits per heavy atom. The molecule has 2 heterocycles. The van der Waals surface area contributed by atoms with Crippen molar-refractivity contribution < 1.29 is 0 Å². The predicted molar refractivity (Wildman–Crippen MR) is 68.1 cm³/mol. The molecule has 2 aromatic heterocycles. The lowest BCUT2D eigenvalue weighted by Crippen LogP contribution is -2.22. The van der Waals surface area contributed by atoms with Gasteiger partial charge >= 0.3 is 0 Å². The molecule has 0 aromatic carbocycles. The lowest BCUT2D eigenvalue weighted by Gasteiger charge is -2.11. The van der Waals surface area contributed by atoms with E-state index < -0.39 is 0 Å². The van der Waals surface area contributed by atoms with E-state index in [4.69, 9.17) is 0 Å². The van der Waals surface area contributed by atoms with Gasteiger partial charge in [-0.25, -0.2) is 4.68 Å². The summed E-state index contributed by atoms with van der Waals surface area (Å²) in [5.74, 6) is 0.889. The molecule has 0 aliphatic rings. The van der Waals surface area contributed by atoms with E-state index in [0.717, 1.165) is 18.9 Å². The summed E-state index contributed by atoms with van der Waals surface area (Å²) in [7, 11) is 0. The van der Waals surface area contributed by atoms with Crippen molar-refractivity contribution in [1.29, 1.82) is 0 Å². The second-order valence-corrected chi connectivity index (χ2v) is 5.00. The molecule has 0 amide bonds. The summed E-state index contributed by atoms with van der Waals surface area (Å²) in [4.78, 5) is 1.31. The highest BCUT2D eigenvalue weighted by Crippen LogP contribution is 2.18. The van der Waals surface area contributed by atoms with Crippen molar-refractivity contribution in [3.63, 3.8) is 0 Å². The first-order chi connectivity index (χ1) is 8.22. The molecule has 0 radical (unpaired) electrons. The Morgan fingerprint density at radius 2 is 2.35 bits per heavy atom. The Bertz CT molecular complexity index is 476. The van der Waals surface area contributed by atoms with Gasteiger partial charge in [0.2, 0.25) is 0 Å². The van der Waals surface area contributed by atoms with E-state index in [9.17, 15) is 0 Å². The zero-order valence-electron chi connectivity index (χ0n) is 10.3. The summed E-state index contributed by atoms with van der Waals surface area (Å²) in [6.07, 6.45) is 0. The summed E-state index contributed by atoms with van der Waals surface area (Å²) >= 11 is 1.74. The molecular weight excluding hydrogens is 234 g/mol. The average molecular weight is 251 g/mol. The fraction of sp³-hybridized carbons (Fsp3) is 0.545. The minimum atomic E-state index is 0.176. The van der Waals surface area contributed by atoms with Gasteiger partial charge in [0, 0.05) is 4.88 Å². The van der Waals surface area contributed by atoms with Crippen LogP contribution >= 0.6 is 11.3 Å². The van der Waals surface area contributed by atoms with Crippen LogP contribution in [0, 0.1) is 6.92 Å². The van der Waals surface area contributed by atoms with Crippen LogP contribution in [0.15, 0.2) is 11.4 Å². The van der Waals surface area contributed by atoms with Gasteiger partial charge in [-0.15, -0.1) is 16.4 Å². The molecule has 6 heteroatoms. The van der Waals surface area contributed by atoms with Crippen molar-refractivity contribution in [2.45, 2.75) is 33.4 Å². The lowest BCUT2D eigenvalue weighted by atomic mass is 10.3. The van der Waals surface area contributed by atoms with Crippen LogP contribution < -0.4 is 5.32 Å². The molecular formula is C11H17N5S. The number of tetrazole rings is 1. The Hall–Kier alpha value is -1.27. The standard InChI is InChI=1S/C11H17N5S/c1-4-12-9(3)11-13-14-15-16(11)7-10-8(2)5-6-17-10/h5-6,9,12H,4,7H2,1-3H3. The predicted octanol–water partition coefficient (Wildman–Crippen LogP) is 1.76. The smallest absolute Gasteiger partial charge is 0.168 e. The summed E-state index contributed by atoms with van der Waals surface area (Å²) in [6.45, 7) is 7.93. The number of hydrogen-bond donors (Lipinski definition) is 1. The SMILES string of the molecule is CCNC(C)c1nnnn1Cc1sccc1C. The highest BCUT2D eigenvalue weighted by Gasteiger charge is 2.14. The van der Waals surface area contributed by atoms with Crippen LogP contribution in [0.2, 0.25) is 0 Å². The zero-order valence-corrected chi connectivity index (χ0v) is 11.2. The van der Waals surface area contributed by atoms with E-state index in [2.05, 4.69) is 53.1 Å². The molecule has 17 heavy (non-hydrogen) atoms. The van der Waals surface area contributed by atoms with Gasteiger partial charge in [-0.05, 0) is 47.8 Å². The van der Waals surface area contributed by atoms with Crippen LogP contribution in [-0.2, 0) is 6.54 Å². The van der Waals surface area contributed by atoms with E-state index in [1.165, 1.54) is 10.4 Å². The van der Waals surface area contributed by atoms with Crippen LogP contribution in [0.1, 0.15) is 36.2 Å². The minimum Gasteiger partial charge on any atom is -0.308 e. The van der Waals surface area contributed by atoms with Gasteiger partial charge in [0.05, 0.1) is 12.6 Å². The number of aromatic nitrogens is 4. The maximum atomic E-state index is 4.09. The molecule has 0 saturated carbocycles. The number of thiophene rings is 1. The molecule has 0 bridgehead atoms. The Labute approximate surface area is 105 Å². The van der Waals surface area contributed by atoms with Crippen LogP contribution in [0.5, 0.6) is 0 Å². The Morgan fingerprint density at radius 1 is 1.53 bits per heavy atom. The number of nitrogens with zero attached hydrogens (tertiary/aromatic N) is 4. The van der Waals surface area contributed by atoms with Gasteiger partial charge in [0.1, 0.15) is 0 Å². The molecule has 2 aromatic rings. The molecule has 0 aliphatic carbocycles. The van der Waals surface area contributed by atoms with Crippen molar-refractivity contribution in [3.05, 3.63) is 27.7 Å². The van der Waals surface area contributed by atoms with Gasteiger partial charge in [0.25, 0.3) is 0 Å². The number of nitrogens with one attached hydrogen (secondary N) is 1. The highest BCUT2D eigenvalue weighted by molar-refractivity contribution is 7.10. The maximum Gasteiger partial charge on any atom is 0.168 e. The van der Waals surface area contributed by atoms with E-state index in [1.807, 2.05) is 4.68 Å². The average Bonchev–Trinajstić information content (AvgIpc) is 2.90. The van der Waals surface area contributed by atoms with Gasteiger partial charge in [-0.1, -0.05) is 6.92 Å². The van der Waals surface area contributed by atoms with Crippen molar-refractivity contribution in [2.24, 2.45) is 0 Å². The molecule has 2 rings (SSSR count). The van der Waals surface area contributed by atoms with Gasteiger partial charge in [-0.3, -0.25) is 0 Å². The third-order valence-electron chi connectivity index (χ3n) is 2.72. The monoisotopic (exact) mass is 251 g/mol. The number of hydrogen-bond acceptors (Lipinski definition) is 5. The van der Waals surface area contributed by atoms with E-state index >= 15 is 0 Å². The molecule has 0 fully saturated rings. The fourth-order valence-corrected chi connectivity index (χ4v) is 2.62. The fourth-order valence-electron chi connectivity index (χ4n) is 1.73. The third-order valence-corrected chi connectivity index (χ3v) is 3.73. The normalized spacial score (nSPS) is 12.9. The van der Waals surface area contributed by atoms with E-state index in [1.54, 1.807) is 11.3 Å². The minimum absolute atomic E-state index is 0.176. The zero-order chi connectivity index (χ0) is 12.3. The van der Waals surface area contributed by atoms with E-state index in [-0.39, 0.29) is 6.04 Å². The molecule has 92 valence electrons. The summed E-state index contributed by atoms with van der Waals surface area (Å²) in [5.41, 5.74) is 1.30. The first kappa shape index (κ1) is 12.2. The van der Waals surface area contributed by atoms with Crippen LogP contribution in [-0.4, -0.2) is 26.8 Å². The van der Waals surface area contributed by atoms with E-state index in [0.29, 0.717) is 0 Å². The van der Waals surface area contributed by atoms with Gasteiger partial charge < -0.3 is 5.32 Å². The summed E-state index contributed by atoms with van der Waals surface area (Å²) in [5, 5.41) is 17.3. The van der Waals surface area contributed by atoms with Crippen molar-refractivity contribution in [3.8, 4) is 0 Å².